The lowest BCUT2D eigenvalue weighted by atomic mass is 9.99. The molecule has 1 aliphatic heterocycles. The Kier molecular flexibility index (Phi) is 5.41. The summed E-state index contributed by atoms with van der Waals surface area (Å²) in [5.41, 5.74) is 0. The Morgan fingerprint density at radius 1 is 1.53 bits per heavy atom. The smallest absolute Gasteiger partial charge is 0.328 e. The van der Waals surface area contributed by atoms with Crippen LogP contribution in [0.25, 0.3) is 0 Å². The monoisotopic (exact) mass is 243 g/mol. The Balaban J connectivity index is 2.58. The molecule has 1 fully saturated rings. The molecule has 0 aromatic carbocycles. The molecule has 0 aliphatic carbocycles. The standard InChI is InChI=1S/C12H21NO4/c1-4-8(2)10(12(15)16-3)13-11(14)9-6-5-7-17-9/h8-10H,4-7H2,1-3H3,(H,13,14)/t8-,9+,10-/m1/s1. The Hall–Kier alpha value is -1.10. The molecule has 5 heteroatoms. The second-order valence-corrected chi connectivity index (χ2v) is 4.40. The number of carbonyl (C=O) groups excluding carboxylic acids is 2. The molecule has 1 rings (SSSR count). The molecule has 17 heavy (non-hydrogen) atoms. The third kappa shape index (κ3) is 3.70. The van der Waals surface area contributed by atoms with Gasteiger partial charge in [0.1, 0.15) is 12.1 Å². The highest BCUT2D eigenvalue weighted by Gasteiger charge is 2.31. The summed E-state index contributed by atoms with van der Waals surface area (Å²) in [7, 11) is 1.33. The predicted octanol–water partition coefficient (Wildman–Crippen LogP) is 0.869. The van der Waals surface area contributed by atoms with Crippen molar-refractivity contribution in [3.63, 3.8) is 0 Å². The summed E-state index contributed by atoms with van der Waals surface area (Å²) in [6.07, 6.45) is 2.00. The molecule has 0 radical (unpaired) electrons. The van der Waals surface area contributed by atoms with Gasteiger partial charge in [-0.05, 0) is 18.8 Å². The van der Waals surface area contributed by atoms with Gasteiger partial charge in [-0.2, -0.15) is 0 Å². The number of carbonyl (C=O) groups is 2. The van der Waals surface area contributed by atoms with E-state index in [1.165, 1.54) is 7.11 Å². The van der Waals surface area contributed by atoms with E-state index in [1.54, 1.807) is 0 Å². The van der Waals surface area contributed by atoms with Crippen LogP contribution in [0.4, 0.5) is 0 Å². The van der Waals surface area contributed by atoms with Crippen LogP contribution >= 0.6 is 0 Å². The molecule has 3 atom stereocenters. The number of nitrogens with one attached hydrogen (secondary N) is 1. The van der Waals surface area contributed by atoms with Crippen LogP contribution in [0.2, 0.25) is 0 Å². The zero-order valence-corrected chi connectivity index (χ0v) is 10.7. The quantitative estimate of drug-likeness (QED) is 0.728. The SMILES string of the molecule is CC[C@@H](C)[C@@H](NC(=O)[C@@H]1CCCO1)C(=O)OC. The summed E-state index contributed by atoms with van der Waals surface area (Å²) in [4.78, 5) is 23.4. The van der Waals surface area contributed by atoms with Crippen molar-refractivity contribution in [3.8, 4) is 0 Å². The first kappa shape index (κ1) is 14.0. The third-order valence-electron chi connectivity index (χ3n) is 3.19. The van der Waals surface area contributed by atoms with Crippen LogP contribution in [0.3, 0.4) is 0 Å². The number of esters is 1. The summed E-state index contributed by atoms with van der Waals surface area (Å²) in [6, 6.07) is -0.582. The van der Waals surface area contributed by atoms with Crippen LogP contribution in [0.5, 0.6) is 0 Å². The number of amides is 1. The second-order valence-electron chi connectivity index (χ2n) is 4.40. The Morgan fingerprint density at radius 2 is 2.24 bits per heavy atom. The fourth-order valence-electron chi connectivity index (χ4n) is 1.83. The molecule has 0 unspecified atom stereocenters. The highest BCUT2D eigenvalue weighted by Crippen LogP contribution is 2.14. The van der Waals surface area contributed by atoms with Gasteiger partial charge >= 0.3 is 5.97 Å². The molecule has 1 heterocycles. The van der Waals surface area contributed by atoms with Crippen molar-refractivity contribution < 1.29 is 19.1 Å². The largest absolute Gasteiger partial charge is 0.467 e. The van der Waals surface area contributed by atoms with Crippen molar-refractivity contribution in [1.82, 2.24) is 5.32 Å². The lowest BCUT2D eigenvalue weighted by Crippen LogP contribution is -2.49. The lowest BCUT2D eigenvalue weighted by molar-refractivity contribution is -0.148. The maximum atomic E-state index is 11.9. The summed E-state index contributed by atoms with van der Waals surface area (Å²) in [5, 5.41) is 2.72. The van der Waals surface area contributed by atoms with Crippen molar-refractivity contribution in [3.05, 3.63) is 0 Å². The molecule has 1 N–H and O–H groups in total. The maximum Gasteiger partial charge on any atom is 0.328 e. The first-order valence-electron chi connectivity index (χ1n) is 6.10. The van der Waals surface area contributed by atoms with Gasteiger partial charge in [0.05, 0.1) is 7.11 Å². The highest BCUT2D eigenvalue weighted by molar-refractivity contribution is 5.87. The van der Waals surface area contributed by atoms with E-state index in [4.69, 9.17) is 9.47 Å². The van der Waals surface area contributed by atoms with Crippen molar-refractivity contribution in [2.24, 2.45) is 5.92 Å². The van der Waals surface area contributed by atoms with Crippen LogP contribution in [0.1, 0.15) is 33.1 Å². The van der Waals surface area contributed by atoms with E-state index >= 15 is 0 Å². The third-order valence-corrected chi connectivity index (χ3v) is 3.19. The molecule has 1 saturated heterocycles. The van der Waals surface area contributed by atoms with E-state index in [-0.39, 0.29) is 11.8 Å². The van der Waals surface area contributed by atoms with E-state index in [0.717, 1.165) is 19.3 Å². The van der Waals surface area contributed by atoms with Crippen LogP contribution in [-0.4, -0.2) is 37.7 Å². The Labute approximate surface area is 102 Å². The summed E-state index contributed by atoms with van der Waals surface area (Å²) < 4.78 is 9.98. The van der Waals surface area contributed by atoms with E-state index in [2.05, 4.69) is 5.32 Å². The number of methoxy groups -OCH3 is 1. The highest BCUT2D eigenvalue weighted by atomic mass is 16.5. The fourth-order valence-corrected chi connectivity index (χ4v) is 1.83. The maximum absolute atomic E-state index is 11.9. The molecule has 0 spiro atoms. The molecule has 5 nitrogen and oxygen atoms in total. The summed E-state index contributed by atoms with van der Waals surface area (Å²) in [5.74, 6) is -0.559. The van der Waals surface area contributed by atoms with E-state index in [9.17, 15) is 9.59 Å². The Bertz CT molecular complexity index is 274. The Morgan fingerprint density at radius 3 is 2.71 bits per heavy atom. The molecule has 1 amide bonds. The van der Waals surface area contributed by atoms with Gasteiger partial charge in [-0.25, -0.2) is 4.79 Å². The molecule has 98 valence electrons. The van der Waals surface area contributed by atoms with Crippen LogP contribution in [-0.2, 0) is 19.1 Å². The average molecular weight is 243 g/mol. The molecular weight excluding hydrogens is 222 g/mol. The molecule has 0 aromatic rings. The molecule has 0 saturated carbocycles. The van der Waals surface area contributed by atoms with Gasteiger partial charge in [0, 0.05) is 6.61 Å². The minimum atomic E-state index is -0.582. The van der Waals surface area contributed by atoms with Gasteiger partial charge in [0.2, 0.25) is 5.91 Å². The lowest BCUT2D eigenvalue weighted by Gasteiger charge is -2.23. The van der Waals surface area contributed by atoms with E-state index in [1.807, 2.05) is 13.8 Å². The van der Waals surface area contributed by atoms with Gasteiger partial charge in [-0.15, -0.1) is 0 Å². The van der Waals surface area contributed by atoms with Crippen molar-refractivity contribution in [1.29, 1.82) is 0 Å². The van der Waals surface area contributed by atoms with Gasteiger partial charge in [0.15, 0.2) is 0 Å². The summed E-state index contributed by atoms with van der Waals surface area (Å²) >= 11 is 0. The first-order valence-corrected chi connectivity index (χ1v) is 6.10. The van der Waals surface area contributed by atoms with Crippen molar-refractivity contribution >= 4 is 11.9 Å². The average Bonchev–Trinajstić information content (AvgIpc) is 2.87. The predicted molar refractivity (Wildman–Crippen MR) is 62.4 cm³/mol. The van der Waals surface area contributed by atoms with Gasteiger partial charge in [0.25, 0.3) is 0 Å². The number of hydrogen-bond acceptors (Lipinski definition) is 4. The number of ether oxygens (including phenoxy) is 2. The normalized spacial score (nSPS) is 22.9. The van der Waals surface area contributed by atoms with Crippen LogP contribution < -0.4 is 5.32 Å². The van der Waals surface area contributed by atoms with Crippen LogP contribution in [0.15, 0.2) is 0 Å². The van der Waals surface area contributed by atoms with Gasteiger partial charge in [-0.3, -0.25) is 4.79 Å². The molecule has 1 aliphatic rings. The van der Waals surface area contributed by atoms with E-state index in [0.29, 0.717) is 6.61 Å². The topological polar surface area (TPSA) is 64.6 Å². The zero-order chi connectivity index (χ0) is 12.8. The molecule has 0 aromatic heterocycles. The van der Waals surface area contributed by atoms with Crippen molar-refractivity contribution in [2.75, 3.05) is 13.7 Å². The zero-order valence-electron chi connectivity index (χ0n) is 10.7. The number of hydrogen-bond donors (Lipinski definition) is 1. The molecular formula is C12H21NO4. The minimum Gasteiger partial charge on any atom is -0.467 e. The van der Waals surface area contributed by atoms with Crippen molar-refractivity contribution in [2.45, 2.75) is 45.3 Å². The van der Waals surface area contributed by atoms with Gasteiger partial charge in [-0.1, -0.05) is 20.3 Å². The fraction of sp³-hybridized carbons (Fsp3) is 0.833. The minimum absolute atomic E-state index is 0.0489. The van der Waals surface area contributed by atoms with Gasteiger partial charge < -0.3 is 14.8 Å². The first-order chi connectivity index (χ1) is 8.10. The number of rotatable bonds is 5. The second kappa shape index (κ2) is 6.59. The van der Waals surface area contributed by atoms with E-state index < -0.39 is 18.1 Å². The molecule has 0 bridgehead atoms. The van der Waals surface area contributed by atoms with Crippen LogP contribution in [0, 0.1) is 5.92 Å². The summed E-state index contributed by atoms with van der Waals surface area (Å²) in [6.45, 7) is 4.50.